The van der Waals surface area contributed by atoms with Crippen LogP contribution in [0, 0.1) is 17.8 Å². The van der Waals surface area contributed by atoms with E-state index < -0.39 is 0 Å². The minimum Gasteiger partial charge on any atom is -0.339 e. The van der Waals surface area contributed by atoms with Gasteiger partial charge < -0.3 is 9.80 Å². The summed E-state index contributed by atoms with van der Waals surface area (Å²) in [6.07, 6.45) is 11.8. The Morgan fingerprint density at radius 2 is 2.10 bits per heavy atom. The molecule has 1 saturated carbocycles. The summed E-state index contributed by atoms with van der Waals surface area (Å²) in [6, 6.07) is 0.488. The molecule has 2 bridgehead atoms. The number of fused-ring (bicyclic) bond motifs is 2. The predicted molar refractivity (Wildman–Crippen MR) is 81.4 cm³/mol. The molecule has 3 nitrogen and oxygen atoms in total. The average molecular weight is 276 g/mol. The van der Waals surface area contributed by atoms with E-state index in [4.69, 9.17) is 0 Å². The van der Waals surface area contributed by atoms with Crippen LogP contribution in [0.4, 0.5) is 0 Å². The molecule has 0 N–H and O–H groups in total. The second kappa shape index (κ2) is 5.88. The molecule has 1 amide bonds. The van der Waals surface area contributed by atoms with Crippen molar-refractivity contribution in [3.05, 3.63) is 12.2 Å². The second-order valence-corrected chi connectivity index (χ2v) is 7.16. The van der Waals surface area contributed by atoms with E-state index in [-0.39, 0.29) is 0 Å². The molecule has 0 aromatic carbocycles. The second-order valence-electron chi connectivity index (χ2n) is 7.16. The molecule has 3 aliphatic rings. The number of hydrogen-bond donors (Lipinski definition) is 0. The molecule has 0 aromatic rings. The molecule has 1 heterocycles. The van der Waals surface area contributed by atoms with Crippen LogP contribution in [0.15, 0.2) is 12.2 Å². The maximum atomic E-state index is 12.9. The van der Waals surface area contributed by atoms with E-state index in [0.717, 1.165) is 25.9 Å². The highest BCUT2D eigenvalue weighted by molar-refractivity contribution is 5.80. The third-order valence-electron chi connectivity index (χ3n) is 5.42. The van der Waals surface area contributed by atoms with Crippen LogP contribution in [-0.2, 0) is 4.79 Å². The maximum Gasteiger partial charge on any atom is 0.226 e. The Morgan fingerprint density at radius 1 is 1.25 bits per heavy atom. The molecular weight excluding hydrogens is 248 g/mol. The van der Waals surface area contributed by atoms with E-state index in [1.165, 1.54) is 25.7 Å². The van der Waals surface area contributed by atoms with Crippen molar-refractivity contribution in [3.8, 4) is 0 Å². The fraction of sp³-hybridized carbons (Fsp3) is 0.824. The topological polar surface area (TPSA) is 23.6 Å². The molecule has 0 aromatic heterocycles. The lowest BCUT2D eigenvalue weighted by atomic mass is 9.89. The zero-order chi connectivity index (χ0) is 14.1. The van der Waals surface area contributed by atoms with E-state index in [0.29, 0.717) is 29.7 Å². The predicted octanol–water partition coefficient (Wildman–Crippen LogP) is 2.53. The van der Waals surface area contributed by atoms with Crippen LogP contribution in [0.3, 0.4) is 0 Å². The molecule has 1 aliphatic heterocycles. The molecule has 3 rings (SSSR count). The van der Waals surface area contributed by atoms with Crippen LogP contribution in [0.25, 0.3) is 0 Å². The number of likely N-dealkylation sites (tertiary alicyclic amines) is 1. The lowest BCUT2D eigenvalue weighted by molar-refractivity contribution is -0.140. The normalized spacial score (nSPS) is 36.0. The lowest BCUT2D eigenvalue weighted by Gasteiger charge is -2.39. The quantitative estimate of drug-likeness (QED) is 0.737. The van der Waals surface area contributed by atoms with Gasteiger partial charge in [-0.2, -0.15) is 0 Å². The van der Waals surface area contributed by atoms with Crippen molar-refractivity contribution in [2.75, 3.05) is 27.2 Å². The van der Waals surface area contributed by atoms with Crippen molar-refractivity contribution in [2.24, 2.45) is 17.8 Å². The number of piperidine rings is 1. The molecule has 1 saturated heterocycles. The summed E-state index contributed by atoms with van der Waals surface area (Å²) in [4.78, 5) is 17.4. The van der Waals surface area contributed by atoms with E-state index in [2.05, 4.69) is 36.0 Å². The van der Waals surface area contributed by atoms with Crippen molar-refractivity contribution in [1.29, 1.82) is 0 Å². The van der Waals surface area contributed by atoms with Gasteiger partial charge in [0.05, 0.1) is 0 Å². The standard InChI is InChI=1S/C17H28N2O/c1-18(2)10-8-15-5-3-4-9-19(15)17(20)16-12-13-6-7-14(16)11-13/h6-7,13-16H,3-5,8-12H2,1-2H3/t13-,14+,15-,16-/m1/s1. The number of carbonyl (C=O) groups is 1. The fourth-order valence-corrected chi connectivity index (χ4v) is 4.28. The minimum absolute atomic E-state index is 0.296. The Hall–Kier alpha value is -0.830. The van der Waals surface area contributed by atoms with Crippen molar-refractivity contribution in [1.82, 2.24) is 9.80 Å². The summed E-state index contributed by atoms with van der Waals surface area (Å²) in [6.45, 7) is 2.08. The zero-order valence-electron chi connectivity index (χ0n) is 12.9. The monoisotopic (exact) mass is 276 g/mol. The third-order valence-corrected chi connectivity index (χ3v) is 5.42. The number of hydrogen-bond acceptors (Lipinski definition) is 2. The van der Waals surface area contributed by atoms with Crippen LogP contribution >= 0.6 is 0 Å². The van der Waals surface area contributed by atoms with Gasteiger partial charge in [0.25, 0.3) is 0 Å². The number of allylic oxidation sites excluding steroid dienone is 2. The summed E-state index contributed by atoms with van der Waals surface area (Å²) in [5, 5.41) is 0. The van der Waals surface area contributed by atoms with E-state index in [1.807, 2.05) is 0 Å². The Bertz CT molecular complexity index is 390. The van der Waals surface area contributed by atoms with Gasteiger partial charge in [-0.3, -0.25) is 4.79 Å². The van der Waals surface area contributed by atoms with Crippen LogP contribution in [0.2, 0.25) is 0 Å². The Labute approximate surface area is 123 Å². The number of amides is 1. The number of rotatable bonds is 4. The summed E-state index contributed by atoms with van der Waals surface area (Å²) < 4.78 is 0. The van der Waals surface area contributed by atoms with Gasteiger partial charge in [0.2, 0.25) is 5.91 Å². The molecule has 20 heavy (non-hydrogen) atoms. The third kappa shape index (κ3) is 2.78. The number of nitrogens with zero attached hydrogens (tertiary/aromatic N) is 2. The van der Waals surface area contributed by atoms with Crippen LogP contribution in [0.5, 0.6) is 0 Å². The minimum atomic E-state index is 0.296. The first-order valence-corrected chi connectivity index (χ1v) is 8.28. The Morgan fingerprint density at radius 3 is 2.75 bits per heavy atom. The van der Waals surface area contributed by atoms with E-state index >= 15 is 0 Å². The van der Waals surface area contributed by atoms with Crippen molar-refractivity contribution in [2.45, 2.75) is 44.6 Å². The van der Waals surface area contributed by atoms with Crippen LogP contribution < -0.4 is 0 Å². The molecule has 2 aliphatic carbocycles. The smallest absolute Gasteiger partial charge is 0.226 e. The lowest BCUT2D eigenvalue weighted by Crippen LogP contribution is -2.48. The summed E-state index contributed by atoms with van der Waals surface area (Å²) >= 11 is 0. The molecule has 2 fully saturated rings. The summed E-state index contributed by atoms with van der Waals surface area (Å²) in [7, 11) is 4.24. The number of carbonyl (C=O) groups excluding carboxylic acids is 1. The summed E-state index contributed by atoms with van der Waals surface area (Å²) in [5.41, 5.74) is 0. The molecule has 4 atom stereocenters. The van der Waals surface area contributed by atoms with Gasteiger partial charge in [-0.25, -0.2) is 0 Å². The highest BCUT2D eigenvalue weighted by Gasteiger charge is 2.42. The first kappa shape index (κ1) is 14.1. The Kier molecular flexibility index (Phi) is 4.16. The molecule has 0 spiro atoms. The van der Waals surface area contributed by atoms with E-state index in [1.54, 1.807) is 0 Å². The zero-order valence-corrected chi connectivity index (χ0v) is 12.9. The SMILES string of the molecule is CN(C)CC[C@H]1CCCCN1C(=O)[C@@H]1C[C@@H]2C=C[C@H]1C2. The van der Waals surface area contributed by atoms with Gasteiger partial charge in [0.15, 0.2) is 0 Å². The van der Waals surface area contributed by atoms with Crippen LogP contribution in [-0.4, -0.2) is 48.9 Å². The first-order valence-electron chi connectivity index (χ1n) is 8.28. The average Bonchev–Trinajstić information content (AvgIpc) is 3.07. The molecule has 112 valence electrons. The van der Waals surface area contributed by atoms with Gasteiger partial charge >= 0.3 is 0 Å². The molecular formula is C17H28N2O. The van der Waals surface area contributed by atoms with Gasteiger partial charge in [0, 0.05) is 18.5 Å². The van der Waals surface area contributed by atoms with Gasteiger partial charge in [-0.05, 0) is 71.0 Å². The van der Waals surface area contributed by atoms with Crippen molar-refractivity contribution in [3.63, 3.8) is 0 Å². The van der Waals surface area contributed by atoms with E-state index in [9.17, 15) is 4.79 Å². The first-order chi connectivity index (χ1) is 9.65. The van der Waals surface area contributed by atoms with Gasteiger partial charge in [0.1, 0.15) is 0 Å². The Balaban J connectivity index is 1.63. The highest BCUT2D eigenvalue weighted by Crippen LogP contribution is 2.44. The molecule has 3 heteroatoms. The van der Waals surface area contributed by atoms with Crippen LogP contribution in [0.1, 0.15) is 38.5 Å². The van der Waals surface area contributed by atoms with Gasteiger partial charge in [-0.1, -0.05) is 12.2 Å². The molecule has 0 unspecified atom stereocenters. The largest absolute Gasteiger partial charge is 0.339 e. The molecule has 0 radical (unpaired) electrons. The highest BCUT2D eigenvalue weighted by atomic mass is 16.2. The summed E-state index contributed by atoms with van der Waals surface area (Å²) in [5.74, 6) is 2.00. The fourth-order valence-electron chi connectivity index (χ4n) is 4.28. The maximum absolute atomic E-state index is 12.9. The van der Waals surface area contributed by atoms with Crippen molar-refractivity contribution >= 4 is 5.91 Å². The van der Waals surface area contributed by atoms with Gasteiger partial charge in [-0.15, -0.1) is 0 Å². The van der Waals surface area contributed by atoms with Crippen molar-refractivity contribution < 1.29 is 4.79 Å².